The van der Waals surface area contributed by atoms with Gasteiger partial charge in [-0.05, 0) is 47.9 Å². The maximum atomic E-state index is 14.2. The zero-order valence-electron chi connectivity index (χ0n) is 21.0. The van der Waals surface area contributed by atoms with Crippen LogP contribution < -0.4 is 9.64 Å². The summed E-state index contributed by atoms with van der Waals surface area (Å²) in [7, 11) is -4.53. The van der Waals surface area contributed by atoms with Gasteiger partial charge in [0.05, 0.1) is 30.2 Å². The quantitative estimate of drug-likeness (QED) is 0.337. The van der Waals surface area contributed by atoms with Crippen molar-refractivity contribution in [2.75, 3.05) is 11.4 Å². The van der Waals surface area contributed by atoms with Crippen LogP contribution in [0.2, 0.25) is 0 Å². The summed E-state index contributed by atoms with van der Waals surface area (Å²) in [6.07, 6.45) is -1.58. The molecule has 0 spiro atoms. The van der Waals surface area contributed by atoms with E-state index in [0.717, 1.165) is 23.4 Å². The molecule has 0 bridgehead atoms. The number of nitrogens with zero attached hydrogens (tertiary/aromatic N) is 4. The highest BCUT2D eigenvalue weighted by atomic mass is 32.2. The van der Waals surface area contributed by atoms with Crippen LogP contribution in [0.4, 0.5) is 18.9 Å². The van der Waals surface area contributed by atoms with Gasteiger partial charge < -0.3 is 14.6 Å². The number of benzene rings is 3. The van der Waals surface area contributed by atoms with E-state index in [9.17, 15) is 26.9 Å². The highest BCUT2D eigenvalue weighted by Gasteiger charge is 2.40. The summed E-state index contributed by atoms with van der Waals surface area (Å²) in [5, 5.41) is 9.55. The number of nitrogens with one attached hydrogen (secondary N) is 1. The first-order valence-electron chi connectivity index (χ1n) is 12.3. The Balaban J connectivity index is 1.64. The number of ether oxygens (including phenoxy) is 1. The van der Waals surface area contributed by atoms with Crippen molar-refractivity contribution in [2.24, 2.45) is 0 Å². The van der Waals surface area contributed by atoms with E-state index >= 15 is 0 Å². The maximum Gasteiger partial charge on any atom is 0.573 e. The Kier molecular flexibility index (Phi) is 7.51. The van der Waals surface area contributed by atoms with Crippen LogP contribution in [0.5, 0.6) is 5.75 Å². The molecule has 1 aliphatic rings. The van der Waals surface area contributed by atoms with E-state index in [2.05, 4.69) is 20.8 Å². The Morgan fingerprint density at radius 3 is 2.52 bits per heavy atom. The van der Waals surface area contributed by atoms with Crippen LogP contribution in [0.3, 0.4) is 0 Å². The van der Waals surface area contributed by atoms with Crippen molar-refractivity contribution in [1.29, 1.82) is 5.26 Å². The first kappa shape index (κ1) is 27.2. The molecule has 1 unspecified atom stereocenters. The predicted molar refractivity (Wildman–Crippen MR) is 141 cm³/mol. The summed E-state index contributed by atoms with van der Waals surface area (Å²) in [5.41, 5.74) is 3.24. The fourth-order valence-electron chi connectivity index (χ4n) is 4.89. The number of para-hydroxylation sites is 1. The lowest BCUT2D eigenvalue weighted by molar-refractivity contribution is -0.275. The molecule has 40 heavy (non-hydrogen) atoms. The molecule has 5 rings (SSSR count). The van der Waals surface area contributed by atoms with Gasteiger partial charge in [0.2, 0.25) is 10.0 Å². The molecule has 206 valence electrons. The maximum absolute atomic E-state index is 14.2. The number of halogens is 3. The van der Waals surface area contributed by atoms with E-state index in [1.54, 1.807) is 30.7 Å². The number of aromatic amines is 1. The third kappa shape index (κ3) is 5.95. The number of nitriles is 1. The Bertz CT molecular complexity index is 1620. The van der Waals surface area contributed by atoms with Crippen LogP contribution in [0.15, 0.2) is 90.2 Å². The largest absolute Gasteiger partial charge is 0.573 e. The smallest absolute Gasteiger partial charge is 0.404 e. The standard InChI is InChI=1S/C28H24F3N5O3S/c29-28(30,31)39-26-8-4-5-9-27(26)40(37,38)36-16-22-12-21(14-32)10-11-25(22)35(17-23-15-33-19-34-23)18-24(36)13-20-6-2-1-3-7-20/h1-12,15,19,24H,13,16-18H2,(H,33,34). The van der Waals surface area contributed by atoms with Gasteiger partial charge in [-0.1, -0.05) is 42.5 Å². The predicted octanol–water partition coefficient (Wildman–Crippen LogP) is 5.00. The van der Waals surface area contributed by atoms with Gasteiger partial charge in [0.25, 0.3) is 0 Å². The van der Waals surface area contributed by atoms with Gasteiger partial charge in [-0.25, -0.2) is 13.4 Å². The zero-order chi connectivity index (χ0) is 28.3. The Hall–Kier alpha value is -4.34. The van der Waals surface area contributed by atoms with Crippen molar-refractivity contribution in [1.82, 2.24) is 14.3 Å². The summed E-state index contributed by atoms with van der Waals surface area (Å²) in [6, 6.07) is 20.4. The van der Waals surface area contributed by atoms with Crippen molar-refractivity contribution in [2.45, 2.75) is 36.8 Å². The molecule has 0 saturated carbocycles. The van der Waals surface area contributed by atoms with E-state index in [0.29, 0.717) is 29.8 Å². The molecule has 0 saturated heterocycles. The van der Waals surface area contributed by atoms with Gasteiger partial charge in [0.15, 0.2) is 0 Å². The van der Waals surface area contributed by atoms with Gasteiger partial charge in [0, 0.05) is 31.0 Å². The Morgan fingerprint density at radius 1 is 1.07 bits per heavy atom. The number of fused-ring (bicyclic) bond motifs is 1. The van der Waals surface area contributed by atoms with Crippen molar-refractivity contribution >= 4 is 15.7 Å². The van der Waals surface area contributed by atoms with E-state index < -0.39 is 33.1 Å². The average Bonchev–Trinajstić information content (AvgIpc) is 3.38. The van der Waals surface area contributed by atoms with E-state index in [1.807, 2.05) is 35.2 Å². The van der Waals surface area contributed by atoms with Crippen LogP contribution in [-0.4, -0.2) is 41.6 Å². The fraction of sp³-hybridized carbons (Fsp3) is 0.214. The number of hydrogen-bond donors (Lipinski definition) is 1. The minimum atomic E-state index is -5.08. The number of H-pyrrole nitrogens is 1. The molecular formula is C28H24F3N5O3S. The van der Waals surface area contributed by atoms with Crippen molar-refractivity contribution < 1.29 is 26.3 Å². The number of sulfonamides is 1. The minimum absolute atomic E-state index is 0.162. The molecule has 0 amide bonds. The summed E-state index contributed by atoms with van der Waals surface area (Å²) < 4.78 is 73.4. The van der Waals surface area contributed by atoms with Crippen LogP contribution in [-0.2, 0) is 29.5 Å². The van der Waals surface area contributed by atoms with E-state index in [-0.39, 0.29) is 13.1 Å². The SMILES string of the molecule is N#Cc1ccc2c(c1)CN(S(=O)(=O)c1ccccc1OC(F)(F)F)C(Cc1ccccc1)CN2Cc1cnc[nH]1. The monoisotopic (exact) mass is 567 g/mol. The lowest BCUT2D eigenvalue weighted by Crippen LogP contribution is -2.45. The minimum Gasteiger partial charge on any atom is -0.404 e. The van der Waals surface area contributed by atoms with Crippen LogP contribution in [0, 0.1) is 11.3 Å². The van der Waals surface area contributed by atoms with E-state index in [1.165, 1.54) is 16.4 Å². The molecule has 1 aromatic heterocycles. The van der Waals surface area contributed by atoms with Crippen molar-refractivity contribution in [3.63, 3.8) is 0 Å². The molecule has 1 atom stereocenters. The second-order valence-electron chi connectivity index (χ2n) is 9.30. The van der Waals surface area contributed by atoms with Crippen molar-refractivity contribution in [3.05, 3.63) is 108 Å². The molecule has 12 heteroatoms. The lowest BCUT2D eigenvalue weighted by atomic mass is 10.1. The Labute approximate surface area is 229 Å². The zero-order valence-corrected chi connectivity index (χ0v) is 21.9. The second kappa shape index (κ2) is 11.0. The molecule has 0 radical (unpaired) electrons. The normalized spacial score (nSPS) is 16.1. The number of anilines is 1. The number of aromatic nitrogens is 2. The van der Waals surface area contributed by atoms with Crippen LogP contribution in [0.1, 0.15) is 22.4 Å². The molecular weight excluding hydrogens is 543 g/mol. The summed E-state index contributed by atoms with van der Waals surface area (Å²) in [6.45, 7) is 0.421. The third-order valence-corrected chi connectivity index (χ3v) is 8.54. The van der Waals surface area contributed by atoms with E-state index in [4.69, 9.17) is 0 Å². The topological polar surface area (TPSA) is 102 Å². The molecule has 4 aromatic rings. The fourth-order valence-corrected chi connectivity index (χ4v) is 6.60. The molecule has 1 N–H and O–H groups in total. The highest BCUT2D eigenvalue weighted by Crippen LogP contribution is 2.37. The Morgan fingerprint density at radius 2 is 1.82 bits per heavy atom. The number of alkyl halides is 3. The highest BCUT2D eigenvalue weighted by molar-refractivity contribution is 7.89. The molecule has 0 aliphatic carbocycles. The average molecular weight is 568 g/mol. The lowest BCUT2D eigenvalue weighted by Gasteiger charge is -2.32. The van der Waals surface area contributed by atoms with Gasteiger partial charge in [0.1, 0.15) is 10.6 Å². The molecule has 0 fully saturated rings. The first-order valence-corrected chi connectivity index (χ1v) is 13.7. The van der Waals surface area contributed by atoms with Gasteiger partial charge in [-0.15, -0.1) is 13.2 Å². The first-order chi connectivity index (χ1) is 19.1. The number of rotatable bonds is 7. The number of imidazole rings is 1. The molecule has 8 nitrogen and oxygen atoms in total. The molecule has 3 aromatic carbocycles. The number of hydrogen-bond acceptors (Lipinski definition) is 6. The summed E-state index contributed by atoms with van der Waals surface area (Å²) in [5.74, 6) is -0.807. The molecule has 2 heterocycles. The summed E-state index contributed by atoms with van der Waals surface area (Å²) in [4.78, 5) is 8.53. The van der Waals surface area contributed by atoms with Gasteiger partial charge >= 0.3 is 6.36 Å². The second-order valence-corrected chi connectivity index (χ2v) is 11.2. The third-order valence-electron chi connectivity index (χ3n) is 6.61. The van der Waals surface area contributed by atoms with Crippen LogP contribution >= 0.6 is 0 Å². The van der Waals surface area contributed by atoms with Crippen LogP contribution in [0.25, 0.3) is 0 Å². The van der Waals surface area contributed by atoms with Gasteiger partial charge in [-0.2, -0.15) is 9.57 Å². The summed E-state index contributed by atoms with van der Waals surface area (Å²) >= 11 is 0. The molecule has 1 aliphatic heterocycles. The van der Waals surface area contributed by atoms with Gasteiger partial charge in [-0.3, -0.25) is 0 Å². The van der Waals surface area contributed by atoms with Crippen molar-refractivity contribution in [3.8, 4) is 11.8 Å².